The van der Waals surface area contributed by atoms with Crippen molar-refractivity contribution in [2.45, 2.75) is 43.9 Å². The van der Waals surface area contributed by atoms with Crippen LogP contribution in [-0.4, -0.2) is 39.3 Å². The number of aromatic nitrogens is 2. The number of amides is 1. The molecule has 0 spiro atoms. The van der Waals surface area contributed by atoms with Gasteiger partial charge in [-0.15, -0.1) is 0 Å². The number of pyridine rings is 1. The van der Waals surface area contributed by atoms with Crippen molar-refractivity contribution in [3.63, 3.8) is 0 Å². The van der Waals surface area contributed by atoms with Crippen molar-refractivity contribution in [2.24, 2.45) is 0 Å². The van der Waals surface area contributed by atoms with E-state index < -0.39 is 11.6 Å². The number of carbonyl (C=O) groups is 1. The summed E-state index contributed by atoms with van der Waals surface area (Å²) in [6, 6.07) is 7.02. The van der Waals surface area contributed by atoms with Gasteiger partial charge in [0, 0.05) is 30.0 Å². The second-order valence-corrected chi connectivity index (χ2v) is 8.09. The summed E-state index contributed by atoms with van der Waals surface area (Å²) in [5.41, 5.74) is 2.28. The first-order valence-corrected chi connectivity index (χ1v) is 10.2. The Morgan fingerprint density at radius 1 is 1.20 bits per heavy atom. The highest BCUT2D eigenvalue weighted by molar-refractivity contribution is 6.01. The highest BCUT2D eigenvalue weighted by Gasteiger charge is 2.31. The van der Waals surface area contributed by atoms with Crippen molar-refractivity contribution in [2.75, 3.05) is 11.4 Å². The van der Waals surface area contributed by atoms with Gasteiger partial charge in [0.15, 0.2) is 0 Å². The molecule has 0 radical (unpaired) electrons. The predicted octanol–water partition coefficient (Wildman–Crippen LogP) is 3.21. The Bertz CT molecular complexity index is 1110. The number of hydrogen-bond donors (Lipinski definition) is 2. The van der Waals surface area contributed by atoms with Crippen molar-refractivity contribution >= 4 is 17.1 Å². The van der Waals surface area contributed by atoms with Crippen LogP contribution >= 0.6 is 0 Å². The number of carbonyl (C=O) groups excluding carboxylic acids is 1. The molecule has 156 valence electrons. The third-order valence-electron chi connectivity index (χ3n) is 6.10. The zero-order chi connectivity index (χ0) is 20.8. The van der Waals surface area contributed by atoms with E-state index in [4.69, 9.17) is 0 Å². The first-order valence-electron chi connectivity index (χ1n) is 10.2. The van der Waals surface area contributed by atoms with Gasteiger partial charge in [-0.25, -0.2) is 13.3 Å². The maximum absolute atomic E-state index is 14.4. The van der Waals surface area contributed by atoms with Gasteiger partial charge in [0.05, 0.1) is 29.4 Å². The molecule has 1 aliphatic heterocycles. The molecule has 5 rings (SSSR count). The Kier molecular flexibility index (Phi) is 4.66. The van der Waals surface area contributed by atoms with Gasteiger partial charge in [-0.1, -0.05) is 0 Å². The van der Waals surface area contributed by atoms with E-state index in [1.54, 1.807) is 10.7 Å². The first kappa shape index (κ1) is 19.0. The number of anilines is 1. The molecule has 2 aromatic heterocycles. The third-order valence-corrected chi connectivity index (χ3v) is 6.10. The number of rotatable bonds is 4. The molecule has 30 heavy (non-hydrogen) atoms. The van der Waals surface area contributed by atoms with Crippen molar-refractivity contribution in [1.29, 1.82) is 0 Å². The molecule has 0 bridgehead atoms. The lowest BCUT2D eigenvalue weighted by Gasteiger charge is -2.31. The molecule has 2 fully saturated rings. The summed E-state index contributed by atoms with van der Waals surface area (Å²) in [5, 5.41) is 16.6. The zero-order valence-corrected chi connectivity index (χ0v) is 16.3. The molecule has 1 saturated heterocycles. The molecular formula is C22H22F2N4O2. The predicted molar refractivity (Wildman–Crippen MR) is 107 cm³/mol. The summed E-state index contributed by atoms with van der Waals surface area (Å²) in [6.45, 7) is 0.715. The number of nitrogens with zero attached hydrogens (tertiary/aromatic N) is 3. The molecule has 0 unspecified atom stereocenters. The van der Waals surface area contributed by atoms with E-state index in [0.717, 1.165) is 24.6 Å². The van der Waals surface area contributed by atoms with Crippen LogP contribution in [0, 0.1) is 11.6 Å². The van der Waals surface area contributed by atoms with Crippen LogP contribution in [0.1, 0.15) is 47.6 Å². The first-order chi connectivity index (χ1) is 14.5. The quantitative estimate of drug-likeness (QED) is 0.691. The highest BCUT2D eigenvalue weighted by atomic mass is 19.1. The average molecular weight is 412 g/mol. The van der Waals surface area contributed by atoms with E-state index in [-0.39, 0.29) is 24.1 Å². The Balaban J connectivity index is 1.45. The molecular weight excluding hydrogens is 390 g/mol. The SMILES string of the molecule is O=C(NC1CC(O)C1)c1cnn2ccc(N3CCC[C@@H]3c3cc(F)ccc3F)cc12. The topological polar surface area (TPSA) is 69.9 Å². The fourth-order valence-corrected chi connectivity index (χ4v) is 4.46. The number of aliphatic hydroxyl groups excluding tert-OH is 1. The van der Waals surface area contributed by atoms with Gasteiger partial charge >= 0.3 is 0 Å². The van der Waals surface area contributed by atoms with Gasteiger partial charge in [-0.2, -0.15) is 5.10 Å². The van der Waals surface area contributed by atoms with Gasteiger partial charge in [0.1, 0.15) is 11.6 Å². The standard InChI is InChI=1S/C22H22F2N4O2/c23-13-3-4-19(24)17(8-13)20-2-1-6-27(20)15-5-7-28-21(11-15)18(12-25-28)22(30)26-14-9-16(29)10-14/h3-5,7-8,11-12,14,16,20,29H,1-2,6,9-10H2,(H,26,30)/t14?,16?,20-/m1/s1. The minimum absolute atomic E-state index is 0.0236. The van der Waals surface area contributed by atoms with Crippen LogP contribution in [0.5, 0.6) is 0 Å². The number of halogens is 2. The summed E-state index contributed by atoms with van der Waals surface area (Å²) in [7, 11) is 0. The van der Waals surface area contributed by atoms with Crippen LogP contribution in [0.15, 0.2) is 42.7 Å². The smallest absolute Gasteiger partial charge is 0.255 e. The number of fused-ring (bicyclic) bond motifs is 1. The van der Waals surface area contributed by atoms with Gasteiger partial charge in [-0.05, 0) is 56.0 Å². The van der Waals surface area contributed by atoms with E-state index in [0.29, 0.717) is 36.0 Å². The number of benzene rings is 1. The Labute approximate surface area is 172 Å². The Morgan fingerprint density at radius 3 is 2.83 bits per heavy atom. The highest BCUT2D eigenvalue weighted by Crippen LogP contribution is 2.38. The lowest BCUT2D eigenvalue weighted by Crippen LogP contribution is -2.46. The van der Waals surface area contributed by atoms with Gasteiger partial charge in [0.2, 0.25) is 0 Å². The lowest BCUT2D eigenvalue weighted by atomic mass is 9.89. The summed E-state index contributed by atoms with van der Waals surface area (Å²) >= 11 is 0. The Morgan fingerprint density at radius 2 is 2.03 bits per heavy atom. The molecule has 1 saturated carbocycles. The Hall–Kier alpha value is -3.00. The normalized spacial score (nSPS) is 23.6. The van der Waals surface area contributed by atoms with E-state index >= 15 is 0 Å². The van der Waals surface area contributed by atoms with E-state index in [9.17, 15) is 18.7 Å². The van der Waals surface area contributed by atoms with Crippen LogP contribution in [0.2, 0.25) is 0 Å². The van der Waals surface area contributed by atoms with Gasteiger partial charge in [0.25, 0.3) is 5.91 Å². The van der Waals surface area contributed by atoms with Gasteiger partial charge in [-0.3, -0.25) is 4.79 Å². The molecule has 3 aromatic rings. The van der Waals surface area contributed by atoms with Crippen LogP contribution in [-0.2, 0) is 0 Å². The van der Waals surface area contributed by atoms with Crippen LogP contribution in [0.3, 0.4) is 0 Å². The van der Waals surface area contributed by atoms with E-state index in [2.05, 4.69) is 15.3 Å². The molecule has 2 aliphatic rings. The number of hydrogen-bond acceptors (Lipinski definition) is 4. The van der Waals surface area contributed by atoms with Crippen molar-refractivity contribution < 1.29 is 18.7 Å². The maximum Gasteiger partial charge on any atom is 0.255 e. The molecule has 1 amide bonds. The lowest BCUT2D eigenvalue weighted by molar-refractivity contribution is 0.0563. The molecule has 3 heterocycles. The average Bonchev–Trinajstić information content (AvgIpc) is 3.35. The summed E-state index contributed by atoms with van der Waals surface area (Å²) in [5.74, 6) is -1.10. The zero-order valence-electron chi connectivity index (χ0n) is 16.3. The second-order valence-electron chi connectivity index (χ2n) is 8.09. The van der Waals surface area contributed by atoms with Gasteiger partial charge < -0.3 is 15.3 Å². The van der Waals surface area contributed by atoms with Crippen molar-refractivity contribution in [3.8, 4) is 0 Å². The van der Waals surface area contributed by atoms with E-state index in [1.807, 2.05) is 12.1 Å². The largest absolute Gasteiger partial charge is 0.393 e. The molecule has 1 aromatic carbocycles. The van der Waals surface area contributed by atoms with Crippen LogP contribution in [0.4, 0.5) is 14.5 Å². The molecule has 1 aliphatic carbocycles. The molecule has 8 heteroatoms. The monoisotopic (exact) mass is 412 g/mol. The minimum Gasteiger partial charge on any atom is -0.393 e. The fourth-order valence-electron chi connectivity index (χ4n) is 4.46. The number of aliphatic hydroxyl groups is 1. The molecule has 6 nitrogen and oxygen atoms in total. The summed E-state index contributed by atoms with van der Waals surface area (Å²) in [4.78, 5) is 14.7. The van der Waals surface area contributed by atoms with Crippen molar-refractivity contribution in [3.05, 3.63) is 65.5 Å². The molecule has 2 N–H and O–H groups in total. The van der Waals surface area contributed by atoms with E-state index in [1.165, 1.54) is 18.3 Å². The minimum atomic E-state index is -0.454. The van der Waals surface area contributed by atoms with Crippen molar-refractivity contribution in [1.82, 2.24) is 14.9 Å². The van der Waals surface area contributed by atoms with Crippen LogP contribution < -0.4 is 10.2 Å². The summed E-state index contributed by atoms with van der Waals surface area (Å²) in [6.07, 6.45) is 5.66. The van der Waals surface area contributed by atoms with Crippen LogP contribution in [0.25, 0.3) is 5.52 Å². The molecule has 1 atom stereocenters. The fraction of sp³-hybridized carbons (Fsp3) is 0.364. The summed E-state index contributed by atoms with van der Waals surface area (Å²) < 4.78 is 29.8. The number of nitrogens with one attached hydrogen (secondary N) is 1. The second kappa shape index (κ2) is 7.36. The third kappa shape index (κ3) is 3.31. The maximum atomic E-state index is 14.4.